The number of carbonyl (C=O) groups excluding carboxylic acids is 1. The van der Waals surface area contributed by atoms with Gasteiger partial charge in [0.2, 0.25) is 0 Å². The van der Waals surface area contributed by atoms with Gasteiger partial charge in [0.25, 0.3) is 0 Å². The van der Waals surface area contributed by atoms with Gasteiger partial charge in [-0.15, -0.1) is 0 Å². The normalized spacial score (nSPS) is 12.1. The third-order valence-electron chi connectivity index (χ3n) is 2.74. The van der Waals surface area contributed by atoms with E-state index in [1.54, 1.807) is 6.92 Å². The fourth-order valence-electron chi connectivity index (χ4n) is 1.66. The van der Waals surface area contributed by atoms with Gasteiger partial charge >= 0.3 is 5.97 Å². The molecule has 1 unspecified atom stereocenters. The van der Waals surface area contributed by atoms with Gasteiger partial charge in [0.05, 0.1) is 12.7 Å². The van der Waals surface area contributed by atoms with Crippen LogP contribution in [0, 0.1) is 0 Å². The molecule has 1 N–H and O–H groups in total. The number of rotatable bonds is 8. The van der Waals surface area contributed by atoms with Crippen molar-refractivity contribution in [1.82, 2.24) is 0 Å². The summed E-state index contributed by atoms with van der Waals surface area (Å²) in [6, 6.07) is 10.3. The minimum atomic E-state index is -0.407. The zero-order valence-corrected chi connectivity index (χ0v) is 11.0. The van der Waals surface area contributed by atoms with E-state index < -0.39 is 6.10 Å². The number of aliphatic hydroxyl groups excluding tert-OH is 1. The standard InChI is InChI=1S/C15H22O3/c1-13(16)11-12-18-15(17)10-6-5-9-14-7-3-2-4-8-14/h2-4,7-8,13,16H,5-6,9-12H2,1H3. The first kappa shape index (κ1) is 14.7. The Hall–Kier alpha value is -1.35. The molecule has 1 atom stereocenters. The van der Waals surface area contributed by atoms with E-state index in [9.17, 15) is 4.79 Å². The van der Waals surface area contributed by atoms with Crippen LogP contribution in [0.2, 0.25) is 0 Å². The fraction of sp³-hybridized carbons (Fsp3) is 0.533. The van der Waals surface area contributed by atoms with Crippen LogP contribution in [0.15, 0.2) is 30.3 Å². The number of hydrogen-bond acceptors (Lipinski definition) is 3. The highest BCUT2D eigenvalue weighted by Gasteiger charge is 2.03. The molecule has 3 heteroatoms. The van der Waals surface area contributed by atoms with E-state index in [0.717, 1.165) is 19.3 Å². The molecule has 0 radical (unpaired) electrons. The molecule has 0 heterocycles. The molecule has 0 amide bonds. The molecule has 0 aliphatic carbocycles. The van der Waals surface area contributed by atoms with Crippen LogP contribution >= 0.6 is 0 Å². The summed E-state index contributed by atoms with van der Waals surface area (Å²) >= 11 is 0. The lowest BCUT2D eigenvalue weighted by molar-refractivity contribution is -0.144. The molecule has 0 saturated heterocycles. The minimum Gasteiger partial charge on any atom is -0.466 e. The van der Waals surface area contributed by atoms with Crippen molar-refractivity contribution in [3.8, 4) is 0 Å². The van der Waals surface area contributed by atoms with E-state index in [0.29, 0.717) is 19.4 Å². The summed E-state index contributed by atoms with van der Waals surface area (Å²) in [5.41, 5.74) is 1.31. The lowest BCUT2D eigenvalue weighted by atomic mass is 10.1. The molecule has 100 valence electrons. The second kappa shape index (κ2) is 8.70. The first-order valence-electron chi connectivity index (χ1n) is 6.56. The van der Waals surface area contributed by atoms with Crippen LogP contribution in [0.4, 0.5) is 0 Å². The average Bonchev–Trinajstić information content (AvgIpc) is 2.35. The van der Waals surface area contributed by atoms with Gasteiger partial charge in [0, 0.05) is 12.8 Å². The molecule has 1 rings (SSSR count). The molecule has 3 nitrogen and oxygen atoms in total. The fourth-order valence-corrected chi connectivity index (χ4v) is 1.66. The Kier molecular flexibility index (Phi) is 7.11. The Bertz CT molecular complexity index is 333. The number of aliphatic hydroxyl groups is 1. The molecular weight excluding hydrogens is 228 g/mol. The van der Waals surface area contributed by atoms with Gasteiger partial charge in [-0.05, 0) is 31.7 Å². The molecule has 0 spiro atoms. The molecule has 0 aliphatic heterocycles. The molecule has 0 aliphatic rings. The second-order valence-electron chi connectivity index (χ2n) is 4.55. The number of unbranched alkanes of at least 4 members (excludes halogenated alkanes) is 1. The van der Waals surface area contributed by atoms with Crippen molar-refractivity contribution in [3.05, 3.63) is 35.9 Å². The maximum Gasteiger partial charge on any atom is 0.305 e. The monoisotopic (exact) mass is 250 g/mol. The van der Waals surface area contributed by atoms with Gasteiger partial charge in [0.1, 0.15) is 0 Å². The van der Waals surface area contributed by atoms with Crippen molar-refractivity contribution in [1.29, 1.82) is 0 Å². The Balaban J connectivity index is 2.02. The van der Waals surface area contributed by atoms with Crippen LogP contribution < -0.4 is 0 Å². The van der Waals surface area contributed by atoms with E-state index >= 15 is 0 Å². The van der Waals surface area contributed by atoms with Gasteiger partial charge in [0.15, 0.2) is 0 Å². The third kappa shape index (κ3) is 7.07. The first-order chi connectivity index (χ1) is 8.68. The van der Waals surface area contributed by atoms with Crippen molar-refractivity contribution in [2.45, 2.75) is 45.1 Å². The largest absolute Gasteiger partial charge is 0.466 e. The summed E-state index contributed by atoms with van der Waals surface area (Å²) in [5.74, 6) is -0.163. The Morgan fingerprint density at radius 1 is 1.28 bits per heavy atom. The quantitative estimate of drug-likeness (QED) is 0.570. The SMILES string of the molecule is CC(O)CCOC(=O)CCCCc1ccccc1. The average molecular weight is 250 g/mol. The zero-order chi connectivity index (χ0) is 13.2. The van der Waals surface area contributed by atoms with Crippen LogP contribution in [0.1, 0.15) is 38.2 Å². The first-order valence-corrected chi connectivity index (χ1v) is 6.56. The summed E-state index contributed by atoms with van der Waals surface area (Å²) in [6.45, 7) is 2.00. The zero-order valence-electron chi connectivity index (χ0n) is 11.0. The minimum absolute atomic E-state index is 0.163. The highest BCUT2D eigenvalue weighted by Crippen LogP contribution is 2.07. The molecular formula is C15H22O3. The van der Waals surface area contributed by atoms with Crippen LogP contribution in [0.3, 0.4) is 0 Å². The molecule has 0 saturated carbocycles. The summed E-state index contributed by atoms with van der Waals surface area (Å²) < 4.78 is 5.01. The lowest BCUT2D eigenvalue weighted by Gasteiger charge is -2.06. The molecule has 1 aromatic rings. The summed E-state index contributed by atoms with van der Waals surface area (Å²) in [5, 5.41) is 9.01. The number of carbonyl (C=O) groups is 1. The molecule has 0 aromatic heterocycles. The number of aryl methyl sites for hydroxylation is 1. The maximum atomic E-state index is 11.3. The van der Waals surface area contributed by atoms with Gasteiger partial charge < -0.3 is 9.84 Å². The van der Waals surface area contributed by atoms with Gasteiger partial charge in [-0.25, -0.2) is 0 Å². The highest BCUT2D eigenvalue weighted by atomic mass is 16.5. The summed E-state index contributed by atoms with van der Waals surface area (Å²) in [7, 11) is 0. The Morgan fingerprint density at radius 2 is 2.00 bits per heavy atom. The molecule has 0 fully saturated rings. The van der Waals surface area contributed by atoms with E-state index in [2.05, 4.69) is 12.1 Å². The Morgan fingerprint density at radius 3 is 2.67 bits per heavy atom. The van der Waals surface area contributed by atoms with Crippen molar-refractivity contribution in [2.75, 3.05) is 6.61 Å². The van der Waals surface area contributed by atoms with Gasteiger partial charge in [-0.2, -0.15) is 0 Å². The predicted octanol–water partition coefficient (Wildman–Crippen LogP) is 2.71. The third-order valence-corrected chi connectivity index (χ3v) is 2.74. The number of benzene rings is 1. The number of ether oxygens (including phenoxy) is 1. The van der Waals surface area contributed by atoms with Crippen LogP contribution in [0.25, 0.3) is 0 Å². The van der Waals surface area contributed by atoms with Gasteiger partial charge in [-0.3, -0.25) is 4.79 Å². The number of hydrogen-bond donors (Lipinski definition) is 1. The summed E-state index contributed by atoms with van der Waals surface area (Å²) in [4.78, 5) is 11.3. The molecule has 0 bridgehead atoms. The van der Waals surface area contributed by atoms with Crippen LogP contribution in [0.5, 0.6) is 0 Å². The van der Waals surface area contributed by atoms with E-state index in [1.807, 2.05) is 18.2 Å². The van der Waals surface area contributed by atoms with Gasteiger partial charge in [-0.1, -0.05) is 30.3 Å². The van der Waals surface area contributed by atoms with Crippen molar-refractivity contribution in [2.24, 2.45) is 0 Å². The van der Waals surface area contributed by atoms with E-state index in [4.69, 9.17) is 9.84 Å². The predicted molar refractivity (Wildman–Crippen MR) is 71.3 cm³/mol. The topological polar surface area (TPSA) is 46.5 Å². The van der Waals surface area contributed by atoms with E-state index in [1.165, 1.54) is 5.56 Å². The van der Waals surface area contributed by atoms with Crippen molar-refractivity contribution >= 4 is 5.97 Å². The maximum absolute atomic E-state index is 11.3. The van der Waals surface area contributed by atoms with Crippen molar-refractivity contribution < 1.29 is 14.6 Å². The molecule has 18 heavy (non-hydrogen) atoms. The Labute approximate surface area is 109 Å². The number of esters is 1. The van der Waals surface area contributed by atoms with Crippen molar-refractivity contribution in [3.63, 3.8) is 0 Å². The second-order valence-corrected chi connectivity index (χ2v) is 4.55. The van der Waals surface area contributed by atoms with Crippen LogP contribution in [-0.4, -0.2) is 23.8 Å². The smallest absolute Gasteiger partial charge is 0.305 e. The van der Waals surface area contributed by atoms with Crippen LogP contribution in [-0.2, 0) is 16.0 Å². The summed E-state index contributed by atoms with van der Waals surface area (Å²) in [6.07, 6.45) is 3.41. The molecule has 1 aromatic carbocycles. The highest BCUT2D eigenvalue weighted by molar-refractivity contribution is 5.69. The lowest BCUT2D eigenvalue weighted by Crippen LogP contribution is -2.10. The van der Waals surface area contributed by atoms with E-state index in [-0.39, 0.29) is 5.97 Å².